The van der Waals surface area contributed by atoms with E-state index in [1.165, 1.54) is 5.56 Å². The van der Waals surface area contributed by atoms with Crippen LogP contribution in [0.3, 0.4) is 0 Å². The Labute approximate surface area is 169 Å². The minimum Gasteiger partial charge on any atom is -0.459 e. The minimum atomic E-state index is 0.764. The van der Waals surface area contributed by atoms with Crippen LogP contribution in [0.15, 0.2) is 58.4 Å². The lowest BCUT2D eigenvalue weighted by Crippen LogP contribution is -2.42. The number of aromatic nitrogens is 1. The number of fused-ring (bicyclic) bond motifs is 1. The topological polar surface area (TPSA) is 73.9 Å². The average molecular weight is 388 g/mol. The second-order valence-corrected chi connectivity index (χ2v) is 7.64. The maximum absolute atomic E-state index is 9.21. The van der Waals surface area contributed by atoms with E-state index in [9.17, 15) is 5.21 Å². The lowest BCUT2D eigenvalue weighted by atomic mass is 9.99. The van der Waals surface area contributed by atoms with Crippen molar-refractivity contribution in [2.24, 2.45) is 5.16 Å². The Morgan fingerprint density at radius 3 is 2.62 bits per heavy atom. The largest absolute Gasteiger partial charge is 0.459 e. The van der Waals surface area contributed by atoms with E-state index < -0.39 is 0 Å². The van der Waals surface area contributed by atoms with E-state index >= 15 is 0 Å². The van der Waals surface area contributed by atoms with Crippen molar-refractivity contribution in [2.45, 2.75) is 19.4 Å². The van der Waals surface area contributed by atoms with Crippen molar-refractivity contribution in [2.75, 3.05) is 26.2 Å². The number of pyridine rings is 1. The molecule has 0 bridgehead atoms. The molecule has 2 N–H and O–H groups in total. The summed E-state index contributed by atoms with van der Waals surface area (Å²) in [6.45, 7) is 4.91. The standard InChI is InChI=1S/C23H24N4O2/c28-26-22-4-2-17-13-18(1-3-20(17)22)23-21(16-5-7-24-8-6-16)14-19(29-23)15-27-11-9-25-10-12-27/h1,3,5-8,13-14,25,28H,2,4,9-12,15H2. The maximum atomic E-state index is 9.21. The summed E-state index contributed by atoms with van der Waals surface area (Å²) in [7, 11) is 0. The second-order valence-electron chi connectivity index (χ2n) is 7.64. The molecular weight excluding hydrogens is 364 g/mol. The predicted octanol–water partition coefficient (Wildman–Crippen LogP) is 3.54. The van der Waals surface area contributed by atoms with E-state index in [0.717, 1.165) is 85.1 Å². The Kier molecular flexibility index (Phi) is 4.87. The summed E-state index contributed by atoms with van der Waals surface area (Å²) >= 11 is 0. The first-order valence-corrected chi connectivity index (χ1v) is 10.1. The third-order valence-electron chi connectivity index (χ3n) is 5.79. The number of nitrogens with zero attached hydrogens (tertiary/aromatic N) is 3. The van der Waals surface area contributed by atoms with Crippen LogP contribution in [0.25, 0.3) is 22.5 Å². The van der Waals surface area contributed by atoms with Crippen molar-refractivity contribution in [3.8, 4) is 22.5 Å². The smallest absolute Gasteiger partial charge is 0.142 e. The molecule has 3 heterocycles. The van der Waals surface area contributed by atoms with Gasteiger partial charge < -0.3 is 14.9 Å². The van der Waals surface area contributed by atoms with E-state index in [4.69, 9.17) is 4.42 Å². The van der Waals surface area contributed by atoms with Gasteiger partial charge in [0.1, 0.15) is 11.5 Å². The third-order valence-corrected chi connectivity index (χ3v) is 5.79. The Balaban J connectivity index is 1.54. The fourth-order valence-electron chi connectivity index (χ4n) is 4.28. The van der Waals surface area contributed by atoms with Crippen LogP contribution in [-0.2, 0) is 13.0 Å². The van der Waals surface area contributed by atoms with Crippen LogP contribution >= 0.6 is 0 Å². The van der Waals surface area contributed by atoms with Gasteiger partial charge in [0.25, 0.3) is 0 Å². The molecule has 6 heteroatoms. The first kappa shape index (κ1) is 18.1. The van der Waals surface area contributed by atoms with Gasteiger partial charge >= 0.3 is 0 Å². The van der Waals surface area contributed by atoms with Gasteiger partial charge in [-0.3, -0.25) is 9.88 Å². The van der Waals surface area contributed by atoms with Crippen molar-refractivity contribution in [3.05, 3.63) is 65.7 Å². The van der Waals surface area contributed by atoms with Gasteiger partial charge in [-0.1, -0.05) is 17.3 Å². The number of furan rings is 1. The molecule has 1 aliphatic heterocycles. The average Bonchev–Trinajstić information content (AvgIpc) is 3.38. The molecule has 3 aromatic rings. The monoisotopic (exact) mass is 388 g/mol. The highest BCUT2D eigenvalue weighted by atomic mass is 16.4. The number of nitrogens with one attached hydrogen (secondary N) is 1. The fourth-order valence-corrected chi connectivity index (χ4v) is 4.28. The fraction of sp³-hybridized carbons (Fsp3) is 0.304. The van der Waals surface area contributed by atoms with E-state index in [1.54, 1.807) is 0 Å². The molecular formula is C23H24N4O2. The van der Waals surface area contributed by atoms with Gasteiger partial charge in [0.15, 0.2) is 0 Å². The van der Waals surface area contributed by atoms with Crippen molar-refractivity contribution < 1.29 is 9.62 Å². The van der Waals surface area contributed by atoms with E-state index in [-0.39, 0.29) is 0 Å². The molecule has 0 unspecified atom stereocenters. The maximum Gasteiger partial charge on any atom is 0.142 e. The molecule has 0 saturated carbocycles. The summed E-state index contributed by atoms with van der Waals surface area (Å²) < 4.78 is 6.41. The summed E-state index contributed by atoms with van der Waals surface area (Å²) in [5.41, 5.74) is 6.25. The molecule has 148 valence electrons. The summed E-state index contributed by atoms with van der Waals surface area (Å²) in [6, 6.07) is 12.5. The van der Waals surface area contributed by atoms with Gasteiger partial charge in [0, 0.05) is 55.3 Å². The molecule has 5 rings (SSSR count). The summed E-state index contributed by atoms with van der Waals surface area (Å²) in [6.07, 6.45) is 5.30. The van der Waals surface area contributed by atoms with Crippen molar-refractivity contribution in [1.82, 2.24) is 15.2 Å². The Hall–Kier alpha value is -2.96. The Morgan fingerprint density at radius 1 is 1.00 bits per heavy atom. The molecule has 0 spiro atoms. The predicted molar refractivity (Wildman–Crippen MR) is 112 cm³/mol. The van der Waals surface area contributed by atoms with Gasteiger partial charge in [-0.2, -0.15) is 0 Å². The molecule has 6 nitrogen and oxygen atoms in total. The molecule has 1 saturated heterocycles. The third kappa shape index (κ3) is 3.57. The second kappa shape index (κ2) is 7.81. The van der Waals surface area contributed by atoms with Crippen molar-refractivity contribution in [3.63, 3.8) is 0 Å². The zero-order valence-electron chi connectivity index (χ0n) is 16.3. The van der Waals surface area contributed by atoms with E-state index in [1.807, 2.05) is 30.6 Å². The molecule has 0 radical (unpaired) electrons. The van der Waals surface area contributed by atoms with Crippen LogP contribution < -0.4 is 5.32 Å². The molecule has 0 amide bonds. The molecule has 1 aromatic carbocycles. The Morgan fingerprint density at radius 2 is 1.83 bits per heavy atom. The SMILES string of the molecule is ON=C1CCc2cc(-c3oc(CN4CCNCC4)cc3-c3ccncc3)ccc21. The highest BCUT2D eigenvalue weighted by molar-refractivity contribution is 6.04. The first-order valence-electron chi connectivity index (χ1n) is 10.1. The van der Waals surface area contributed by atoms with Crippen LogP contribution in [0, 0.1) is 0 Å². The quantitative estimate of drug-likeness (QED) is 0.528. The van der Waals surface area contributed by atoms with Crippen molar-refractivity contribution in [1.29, 1.82) is 0 Å². The van der Waals surface area contributed by atoms with Crippen LogP contribution in [0.5, 0.6) is 0 Å². The number of hydrogen-bond donors (Lipinski definition) is 2. The number of benzene rings is 1. The van der Waals surface area contributed by atoms with Gasteiger partial charge in [-0.25, -0.2) is 0 Å². The number of hydrogen-bond acceptors (Lipinski definition) is 6. The van der Waals surface area contributed by atoms with Crippen LogP contribution in [0.4, 0.5) is 0 Å². The first-order chi connectivity index (χ1) is 14.3. The lowest BCUT2D eigenvalue weighted by molar-refractivity contribution is 0.217. The highest BCUT2D eigenvalue weighted by Gasteiger charge is 2.22. The minimum absolute atomic E-state index is 0.764. The molecule has 1 aliphatic carbocycles. The van der Waals surface area contributed by atoms with Crippen molar-refractivity contribution >= 4 is 5.71 Å². The zero-order valence-corrected chi connectivity index (χ0v) is 16.3. The number of rotatable bonds is 4. The van der Waals surface area contributed by atoms with Crippen LogP contribution in [0.1, 0.15) is 23.3 Å². The van der Waals surface area contributed by atoms with Gasteiger partial charge in [-0.05, 0) is 48.2 Å². The van der Waals surface area contributed by atoms with E-state index in [2.05, 4.69) is 38.6 Å². The molecule has 1 fully saturated rings. The molecule has 29 heavy (non-hydrogen) atoms. The van der Waals surface area contributed by atoms with Gasteiger partial charge in [0.2, 0.25) is 0 Å². The van der Waals surface area contributed by atoms with Gasteiger partial charge in [-0.15, -0.1) is 0 Å². The summed E-state index contributed by atoms with van der Waals surface area (Å²) in [5.74, 6) is 1.87. The lowest BCUT2D eigenvalue weighted by Gasteiger charge is -2.26. The highest BCUT2D eigenvalue weighted by Crippen LogP contribution is 2.37. The molecule has 2 aromatic heterocycles. The number of oxime groups is 1. The van der Waals surface area contributed by atoms with Crippen LogP contribution in [-0.4, -0.2) is 47.0 Å². The van der Waals surface area contributed by atoms with E-state index in [0.29, 0.717) is 0 Å². The Bertz CT molecular complexity index is 1040. The number of aryl methyl sites for hydroxylation is 1. The zero-order chi connectivity index (χ0) is 19.6. The normalized spacial score (nSPS) is 18.3. The number of piperazine rings is 1. The summed E-state index contributed by atoms with van der Waals surface area (Å²) in [4.78, 5) is 6.57. The summed E-state index contributed by atoms with van der Waals surface area (Å²) in [5, 5.41) is 16.0. The molecule has 2 aliphatic rings. The van der Waals surface area contributed by atoms with Crippen LogP contribution in [0.2, 0.25) is 0 Å². The van der Waals surface area contributed by atoms with Gasteiger partial charge in [0.05, 0.1) is 12.3 Å². The molecule has 0 atom stereocenters.